The zero-order valence-electron chi connectivity index (χ0n) is 11.8. The third kappa shape index (κ3) is 3.05. The van der Waals surface area contributed by atoms with E-state index in [1.807, 2.05) is 50.2 Å². The summed E-state index contributed by atoms with van der Waals surface area (Å²) < 4.78 is 5.30. The Morgan fingerprint density at radius 1 is 1.14 bits per heavy atom. The van der Waals surface area contributed by atoms with Crippen molar-refractivity contribution in [2.24, 2.45) is 0 Å². The van der Waals surface area contributed by atoms with Crippen LogP contribution in [0.15, 0.2) is 47.2 Å². The number of aromatic nitrogens is 4. The highest BCUT2D eigenvalue weighted by Gasteiger charge is 2.15. The molecule has 0 aliphatic heterocycles. The zero-order valence-corrected chi connectivity index (χ0v) is 11.8. The molecular formula is C15H15N5O. The number of hydrogen-bond acceptors (Lipinski definition) is 6. The van der Waals surface area contributed by atoms with Gasteiger partial charge in [-0.05, 0) is 26.0 Å². The first-order valence-electron chi connectivity index (χ1n) is 6.66. The molecule has 2 aromatic heterocycles. The van der Waals surface area contributed by atoms with Gasteiger partial charge >= 0.3 is 0 Å². The van der Waals surface area contributed by atoms with Gasteiger partial charge in [-0.15, -0.1) is 0 Å². The van der Waals surface area contributed by atoms with Crippen LogP contribution in [0.1, 0.15) is 24.5 Å². The molecule has 1 unspecified atom stereocenters. The van der Waals surface area contributed by atoms with Gasteiger partial charge < -0.3 is 9.84 Å². The van der Waals surface area contributed by atoms with Gasteiger partial charge in [0.05, 0.1) is 6.04 Å². The quantitative estimate of drug-likeness (QED) is 0.792. The molecule has 21 heavy (non-hydrogen) atoms. The van der Waals surface area contributed by atoms with Crippen molar-refractivity contribution in [2.75, 3.05) is 5.32 Å². The molecule has 106 valence electrons. The average Bonchev–Trinajstić information content (AvgIpc) is 2.98. The Balaban J connectivity index is 1.77. The number of rotatable bonds is 4. The first-order valence-corrected chi connectivity index (χ1v) is 6.66. The Morgan fingerprint density at radius 3 is 2.71 bits per heavy atom. The molecule has 0 aliphatic rings. The van der Waals surface area contributed by atoms with E-state index in [4.69, 9.17) is 4.52 Å². The number of benzene rings is 1. The van der Waals surface area contributed by atoms with Crippen LogP contribution in [0, 0.1) is 6.92 Å². The highest BCUT2D eigenvalue weighted by molar-refractivity contribution is 5.52. The van der Waals surface area contributed by atoms with Crippen molar-refractivity contribution in [2.45, 2.75) is 19.9 Å². The largest absolute Gasteiger partial charge is 0.360 e. The standard InChI is InChI=1S/C15H15N5O/c1-10-8-13(17-9-16-10)18-11(2)14-19-15(21-20-14)12-6-4-3-5-7-12/h3-9,11H,1-2H3,(H,16,17,18). The molecule has 0 amide bonds. The van der Waals surface area contributed by atoms with Crippen LogP contribution in [-0.4, -0.2) is 20.1 Å². The maximum Gasteiger partial charge on any atom is 0.257 e. The van der Waals surface area contributed by atoms with Gasteiger partial charge in [0.25, 0.3) is 5.89 Å². The third-order valence-corrected chi connectivity index (χ3v) is 3.02. The lowest BCUT2D eigenvalue weighted by Crippen LogP contribution is -2.09. The van der Waals surface area contributed by atoms with Crippen molar-refractivity contribution >= 4 is 5.82 Å². The van der Waals surface area contributed by atoms with Crippen molar-refractivity contribution in [3.63, 3.8) is 0 Å². The summed E-state index contributed by atoms with van der Waals surface area (Å²) in [6.45, 7) is 3.87. The zero-order chi connectivity index (χ0) is 14.7. The van der Waals surface area contributed by atoms with Crippen molar-refractivity contribution in [1.29, 1.82) is 0 Å². The van der Waals surface area contributed by atoms with Gasteiger partial charge in [-0.2, -0.15) is 4.98 Å². The van der Waals surface area contributed by atoms with Crippen molar-refractivity contribution in [3.8, 4) is 11.5 Å². The molecule has 6 nitrogen and oxygen atoms in total. The second-order valence-electron chi connectivity index (χ2n) is 4.73. The van der Waals surface area contributed by atoms with E-state index in [1.54, 1.807) is 0 Å². The molecule has 0 saturated carbocycles. The van der Waals surface area contributed by atoms with E-state index in [0.717, 1.165) is 17.1 Å². The summed E-state index contributed by atoms with van der Waals surface area (Å²) in [7, 11) is 0. The highest BCUT2D eigenvalue weighted by Crippen LogP contribution is 2.20. The summed E-state index contributed by atoms with van der Waals surface area (Å²) in [6.07, 6.45) is 1.52. The maximum absolute atomic E-state index is 5.30. The van der Waals surface area contributed by atoms with Crippen LogP contribution >= 0.6 is 0 Å². The Hall–Kier alpha value is -2.76. The Kier molecular flexibility index (Phi) is 3.59. The van der Waals surface area contributed by atoms with Crippen LogP contribution < -0.4 is 5.32 Å². The van der Waals surface area contributed by atoms with E-state index < -0.39 is 0 Å². The Morgan fingerprint density at radius 2 is 1.95 bits per heavy atom. The monoisotopic (exact) mass is 281 g/mol. The lowest BCUT2D eigenvalue weighted by atomic mass is 10.2. The molecule has 0 fully saturated rings. The fourth-order valence-electron chi connectivity index (χ4n) is 1.93. The van der Waals surface area contributed by atoms with Crippen molar-refractivity contribution < 1.29 is 4.52 Å². The molecule has 6 heteroatoms. The van der Waals surface area contributed by atoms with Crippen molar-refractivity contribution in [1.82, 2.24) is 20.1 Å². The fraction of sp³-hybridized carbons (Fsp3) is 0.200. The van der Waals surface area contributed by atoms with Gasteiger partial charge in [0, 0.05) is 17.3 Å². The van der Waals surface area contributed by atoms with Gasteiger partial charge in [-0.3, -0.25) is 0 Å². The second kappa shape index (κ2) is 5.70. The molecule has 3 aromatic rings. The Labute approximate surface area is 122 Å². The highest BCUT2D eigenvalue weighted by atomic mass is 16.5. The predicted octanol–water partition coefficient (Wildman–Crippen LogP) is 3.01. The lowest BCUT2D eigenvalue weighted by Gasteiger charge is -2.10. The van der Waals surface area contributed by atoms with E-state index >= 15 is 0 Å². The number of hydrogen-bond donors (Lipinski definition) is 1. The first-order chi connectivity index (χ1) is 10.2. The van der Waals surface area contributed by atoms with Crippen LogP contribution in [-0.2, 0) is 0 Å². The summed E-state index contributed by atoms with van der Waals surface area (Å²) in [5.74, 6) is 1.84. The average molecular weight is 281 g/mol. The van der Waals surface area contributed by atoms with E-state index in [1.165, 1.54) is 6.33 Å². The molecule has 0 saturated heterocycles. The summed E-state index contributed by atoms with van der Waals surface area (Å²) in [5, 5.41) is 7.25. The molecule has 1 aromatic carbocycles. The van der Waals surface area contributed by atoms with E-state index in [2.05, 4.69) is 25.4 Å². The third-order valence-electron chi connectivity index (χ3n) is 3.02. The van der Waals surface area contributed by atoms with E-state index in [0.29, 0.717) is 11.7 Å². The van der Waals surface area contributed by atoms with E-state index in [-0.39, 0.29) is 6.04 Å². The first kappa shape index (κ1) is 13.2. The number of nitrogens with zero attached hydrogens (tertiary/aromatic N) is 4. The maximum atomic E-state index is 5.30. The SMILES string of the molecule is Cc1cc(NC(C)c2noc(-c3ccccc3)n2)ncn1. The summed E-state index contributed by atoms with van der Waals surface area (Å²) in [6, 6.07) is 11.4. The van der Waals surface area contributed by atoms with Crippen LogP contribution in [0.3, 0.4) is 0 Å². The molecule has 0 bridgehead atoms. The van der Waals surface area contributed by atoms with Gasteiger partial charge in [0.2, 0.25) is 0 Å². The summed E-state index contributed by atoms with van der Waals surface area (Å²) in [5.41, 5.74) is 1.80. The minimum absolute atomic E-state index is 0.111. The van der Waals surface area contributed by atoms with Crippen LogP contribution in [0.25, 0.3) is 11.5 Å². The summed E-state index contributed by atoms with van der Waals surface area (Å²) in [4.78, 5) is 12.6. The summed E-state index contributed by atoms with van der Waals surface area (Å²) >= 11 is 0. The topological polar surface area (TPSA) is 76.7 Å². The minimum atomic E-state index is -0.111. The molecule has 0 spiro atoms. The van der Waals surface area contributed by atoms with Gasteiger partial charge in [-0.25, -0.2) is 9.97 Å². The number of anilines is 1. The second-order valence-corrected chi connectivity index (χ2v) is 4.73. The fourth-order valence-corrected chi connectivity index (χ4v) is 1.93. The molecule has 2 heterocycles. The van der Waals surface area contributed by atoms with Crippen LogP contribution in [0.2, 0.25) is 0 Å². The van der Waals surface area contributed by atoms with Gasteiger partial charge in [-0.1, -0.05) is 23.4 Å². The van der Waals surface area contributed by atoms with E-state index in [9.17, 15) is 0 Å². The van der Waals surface area contributed by atoms with Gasteiger partial charge in [0.15, 0.2) is 5.82 Å². The Bertz CT molecular complexity index is 726. The number of aryl methyl sites for hydroxylation is 1. The minimum Gasteiger partial charge on any atom is -0.360 e. The number of nitrogens with one attached hydrogen (secondary N) is 1. The normalized spacial score (nSPS) is 12.1. The van der Waals surface area contributed by atoms with Crippen LogP contribution in [0.5, 0.6) is 0 Å². The molecule has 0 aliphatic carbocycles. The predicted molar refractivity (Wildman–Crippen MR) is 78.5 cm³/mol. The smallest absolute Gasteiger partial charge is 0.257 e. The molecule has 1 N–H and O–H groups in total. The van der Waals surface area contributed by atoms with Gasteiger partial charge in [0.1, 0.15) is 12.1 Å². The molecule has 1 atom stereocenters. The molecule has 0 radical (unpaired) electrons. The molecule has 3 rings (SSSR count). The lowest BCUT2D eigenvalue weighted by molar-refractivity contribution is 0.419. The van der Waals surface area contributed by atoms with Crippen LogP contribution in [0.4, 0.5) is 5.82 Å². The van der Waals surface area contributed by atoms with Crippen molar-refractivity contribution in [3.05, 3.63) is 54.2 Å². The molecular weight excluding hydrogens is 266 g/mol.